The van der Waals surface area contributed by atoms with E-state index in [9.17, 15) is 13.2 Å². The van der Waals surface area contributed by atoms with Crippen molar-refractivity contribution in [1.82, 2.24) is 4.31 Å². The van der Waals surface area contributed by atoms with Crippen LogP contribution in [0.15, 0.2) is 0 Å². The van der Waals surface area contributed by atoms with Crippen molar-refractivity contribution in [1.29, 1.82) is 0 Å². The first-order valence-corrected chi connectivity index (χ1v) is 7.09. The van der Waals surface area contributed by atoms with E-state index in [-0.39, 0.29) is 18.2 Å². The van der Waals surface area contributed by atoms with Crippen LogP contribution in [0.2, 0.25) is 0 Å². The third-order valence-electron chi connectivity index (χ3n) is 2.02. The molecule has 0 heterocycles. The number of carbonyl (C=O) groups is 1. The van der Waals surface area contributed by atoms with Crippen molar-refractivity contribution < 1.29 is 23.1 Å². The maximum Gasteiger partial charge on any atom is 0.318 e. The van der Waals surface area contributed by atoms with E-state index < -0.39 is 22.5 Å². The molecule has 0 saturated heterocycles. The van der Waals surface area contributed by atoms with Crippen LogP contribution in [0.25, 0.3) is 0 Å². The monoisotopic (exact) mass is 267 g/mol. The summed E-state index contributed by atoms with van der Waals surface area (Å²) >= 11 is 0. The van der Waals surface area contributed by atoms with Gasteiger partial charge in [-0.25, -0.2) is 8.42 Å². The van der Waals surface area contributed by atoms with E-state index in [0.29, 0.717) is 13.0 Å². The van der Waals surface area contributed by atoms with Crippen LogP contribution in [-0.4, -0.2) is 56.4 Å². The predicted octanol–water partition coefficient (Wildman–Crippen LogP) is 0.395. The molecule has 0 bridgehead atoms. The Bertz CT molecular complexity index is 326. The average Bonchev–Trinajstić information content (AvgIpc) is 2.15. The second kappa shape index (κ2) is 7.62. The standard InChI is InChI=1S/C10H21NO5S/c1-9(2)7-11(8-10(12)13)17(14,15)6-4-5-16-3/h9H,4-8H2,1-3H3,(H,12,13). The molecule has 6 nitrogen and oxygen atoms in total. The van der Waals surface area contributed by atoms with Gasteiger partial charge in [0.1, 0.15) is 6.54 Å². The maximum absolute atomic E-state index is 11.9. The molecule has 0 rings (SSSR count). The SMILES string of the molecule is COCCCS(=O)(=O)N(CC(=O)O)CC(C)C. The van der Waals surface area contributed by atoms with E-state index in [4.69, 9.17) is 9.84 Å². The van der Waals surface area contributed by atoms with Crippen LogP contribution in [0.4, 0.5) is 0 Å². The Balaban J connectivity index is 4.58. The number of aliphatic carboxylic acids is 1. The van der Waals surface area contributed by atoms with Gasteiger partial charge in [0.05, 0.1) is 5.75 Å². The van der Waals surface area contributed by atoms with Crippen LogP contribution in [-0.2, 0) is 19.6 Å². The van der Waals surface area contributed by atoms with Gasteiger partial charge in [-0.3, -0.25) is 4.79 Å². The normalized spacial score (nSPS) is 12.3. The first kappa shape index (κ1) is 16.3. The van der Waals surface area contributed by atoms with E-state index in [0.717, 1.165) is 4.31 Å². The van der Waals surface area contributed by atoms with Gasteiger partial charge in [0.2, 0.25) is 10.0 Å². The van der Waals surface area contributed by atoms with Crippen LogP contribution in [0.3, 0.4) is 0 Å². The lowest BCUT2D eigenvalue weighted by Gasteiger charge is -2.22. The van der Waals surface area contributed by atoms with Gasteiger partial charge < -0.3 is 9.84 Å². The molecule has 0 aliphatic rings. The summed E-state index contributed by atoms with van der Waals surface area (Å²) in [6.07, 6.45) is 0.368. The molecule has 0 amide bonds. The topological polar surface area (TPSA) is 83.9 Å². The molecule has 0 unspecified atom stereocenters. The molecule has 0 radical (unpaired) electrons. The summed E-state index contributed by atoms with van der Waals surface area (Å²) in [5.41, 5.74) is 0. The largest absolute Gasteiger partial charge is 0.480 e. The average molecular weight is 267 g/mol. The summed E-state index contributed by atoms with van der Waals surface area (Å²) < 4.78 is 29.6. The van der Waals surface area contributed by atoms with Crippen molar-refractivity contribution in [2.75, 3.05) is 32.6 Å². The first-order chi connectivity index (χ1) is 7.79. The van der Waals surface area contributed by atoms with Gasteiger partial charge in [0.25, 0.3) is 0 Å². The van der Waals surface area contributed by atoms with Crippen LogP contribution in [0.1, 0.15) is 20.3 Å². The van der Waals surface area contributed by atoms with Crippen LogP contribution in [0.5, 0.6) is 0 Å². The molecule has 7 heteroatoms. The lowest BCUT2D eigenvalue weighted by atomic mass is 10.2. The molecule has 0 atom stereocenters. The lowest BCUT2D eigenvalue weighted by Crippen LogP contribution is -2.39. The predicted molar refractivity (Wildman–Crippen MR) is 64.3 cm³/mol. The minimum Gasteiger partial charge on any atom is -0.480 e. The molecule has 0 aliphatic carbocycles. The quantitative estimate of drug-likeness (QED) is 0.611. The molecule has 0 aromatic carbocycles. The molecule has 1 N–H and O–H groups in total. The second-order valence-corrected chi connectivity index (χ2v) is 6.33. The van der Waals surface area contributed by atoms with E-state index in [1.165, 1.54) is 7.11 Å². The van der Waals surface area contributed by atoms with Gasteiger partial charge in [-0.2, -0.15) is 4.31 Å². The van der Waals surface area contributed by atoms with Crippen LogP contribution < -0.4 is 0 Å². The molecule has 0 spiro atoms. The van der Waals surface area contributed by atoms with Crippen molar-refractivity contribution >= 4 is 16.0 Å². The van der Waals surface area contributed by atoms with Gasteiger partial charge >= 0.3 is 5.97 Å². The molecule has 102 valence electrons. The number of hydrogen-bond donors (Lipinski definition) is 1. The minimum atomic E-state index is -3.51. The summed E-state index contributed by atoms with van der Waals surface area (Å²) in [6.45, 7) is 3.79. The fourth-order valence-electron chi connectivity index (χ4n) is 1.35. The number of sulfonamides is 1. The van der Waals surface area contributed by atoms with Crippen molar-refractivity contribution in [2.45, 2.75) is 20.3 Å². The van der Waals surface area contributed by atoms with Gasteiger partial charge in [-0.15, -0.1) is 0 Å². The number of nitrogens with zero attached hydrogens (tertiary/aromatic N) is 1. The van der Waals surface area contributed by atoms with Gasteiger partial charge in [-0.1, -0.05) is 13.8 Å². The Hall–Kier alpha value is -0.660. The molecular formula is C10H21NO5S. The van der Waals surface area contributed by atoms with Gasteiger partial charge in [0.15, 0.2) is 0 Å². The number of ether oxygens (including phenoxy) is 1. The van der Waals surface area contributed by atoms with E-state index >= 15 is 0 Å². The molecule has 0 fully saturated rings. The van der Waals surface area contributed by atoms with Crippen molar-refractivity contribution in [2.24, 2.45) is 5.92 Å². The van der Waals surface area contributed by atoms with Gasteiger partial charge in [-0.05, 0) is 12.3 Å². The molecule has 0 saturated carbocycles. The highest BCUT2D eigenvalue weighted by molar-refractivity contribution is 7.89. The Morgan fingerprint density at radius 3 is 2.41 bits per heavy atom. The molecule has 0 aromatic rings. The highest BCUT2D eigenvalue weighted by atomic mass is 32.2. The second-order valence-electron chi connectivity index (χ2n) is 4.24. The van der Waals surface area contributed by atoms with E-state index in [1.54, 1.807) is 0 Å². The Labute approximate surface area is 103 Å². The van der Waals surface area contributed by atoms with Crippen molar-refractivity contribution in [3.8, 4) is 0 Å². The van der Waals surface area contributed by atoms with Crippen LogP contribution >= 0.6 is 0 Å². The number of rotatable bonds is 9. The first-order valence-electron chi connectivity index (χ1n) is 5.48. The Morgan fingerprint density at radius 1 is 1.41 bits per heavy atom. The summed E-state index contributed by atoms with van der Waals surface area (Å²) in [5, 5.41) is 8.70. The summed E-state index contributed by atoms with van der Waals surface area (Å²) in [7, 11) is -2.02. The summed E-state index contributed by atoms with van der Waals surface area (Å²) in [5.74, 6) is -1.13. The van der Waals surface area contributed by atoms with Crippen molar-refractivity contribution in [3.05, 3.63) is 0 Å². The molecule has 17 heavy (non-hydrogen) atoms. The number of methoxy groups -OCH3 is 1. The number of carboxylic acids is 1. The minimum absolute atomic E-state index is 0.0825. The summed E-state index contributed by atoms with van der Waals surface area (Å²) in [6, 6.07) is 0. The van der Waals surface area contributed by atoms with Gasteiger partial charge in [0, 0.05) is 20.3 Å². The Morgan fingerprint density at radius 2 is 2.00 bits per heavy atom. The van der Waals surface area contributed by atoms with Crippen molar-refractivity contribution in [3.63, 3.8) is 0 Å². The Kier molecular flexibility index (Phi) is 7.33. The fraction of sp³-hybridized carbons (Fsp3) is 0.900. The third-order valence-corrected chi connectivity index (χ3v) is 3.89. The summed E-state index contributed by atoms with van der Waals surface area (Å²) in [4.78, 5) is 10.6. The van der Waals surface area contributed by atoms with Crippen LogP contribution in [0, 0.1) is 5.92 Å². The smallest absolute Gasteiger partial charge is 0.318 e. The molecule has 0 aliphatic heterocycles. The zero-order valence-electron chi connectivity index (χ0n) is 10.5. The van der Waals surface area contributed by atoms with E-state index in [2.05, 4.69) is 0 Å². The maximum atomic E-state index is 11.9. The third kappa shape index (κ3) is 7.30. The highest BCUT2D eigenvalue weighted by Gasteiger charge is 2.24. The van der Waals surface area contributed by atoms with E-state index in [1.807, 2.05) is 13.8 Å². The molecule has 0 aromatic heterocycles. The highest BCUT2D eigenvalue weighted by Crippen LogP contribution is 2.07. The molecular weight excluding hydrogens is 246 g/mol. The number of carboxylic acid groups (broad SMARTS) is 1. The number of hydrogen-bond acceptors (Lipinski definition) is 4. The zero-order chi connectivity index (χ0) is 13.5. The fourth-order valence-corrected chi connectivity index (χ4v) is 2.92. The lowest BCUT2D eigenvalue weighted by molar-refractivity contribution is -0.137. The zero-order valence-corrected chi connectivity index (χ0v) is 11.4.